The van der Waals surface area contributed by atoms with Gasteiger partial charge in [0.15, 0.2) is 0 Å². The summed E-state index contributed by atoms with van der Waals surface area (Å²) < 4.78 is 1.19. The molecule has 0 aliphatic carbocycles. The lowest BCUT2D eigenvalue weighted by Crippen LogP contribution is -2.51. The number of anilines is 1. The van der Waals surface area contributed by atoms with E-state index in [9.17, 15) is 9.59 Å². The zero-order valence-corrected chi connectivity index (χ0v) is 15.7. The van der Waals surface area contributed by atoms with E-state index in [1.807, 2.05) is 25.1 Å². The van der Waals surface area contributed by atoms with Crippen LogP contribution in [-0.2, 0) is 9.59 Å². The summed E-state index contributed by atoms with van der Waals surface area (Å²) in [7, 11) is 3.90. The van der Waals surface area contributed by atoms with Crippen molar-refractivity contribution in [3.05, 3.63) is 42.0 Å². The summed E-state index contributed by atoms with van der Waals surface area (Å²) in [5.41, 5.74) is 1.21. The smallest absolute Gasteiger partial charge is 0.247 e. The summed E-state index contributed by atoms with van der Waals surface area (Å²) in [6, 6.07) is 8.37. The molecule has 2 aromatic rings. The van der Waals surface area contributed by atoms with Gasteiger partial charge in [0.2, 0.25) is 11.8 Å². The van der Waals surface area contributed by atoms with E-state index in [0.29, 0.717) is 19.6 Å². The van der Waals surface area contributed by atoms with E-state index >= 15 is 0 Å². The van der Waals surface area contributed by atoms with Crippen LogP contribution in [0.1, 0.15) is 5.56 Å². The molecule has 1 saturated heterocycles. The molecule has 5 nitrogen and oxygen atoms in total. The lowest BCUT2D eigenvalue weighted by atomic mass is 10.2. The average molecular weight is 357 g/mol. The fourth-order valence-corrected chi connectivity index (χ4v) is 4.03. The van der Waals surface area contributed by atoms with E-state index in [0.717, 1.165) is 10.4 Å². The van der Waals surface area contributed by atoms with Gasteiger partial charge < -0.3 is 14.7 Å². The maximum atomic E-state index is 12.5. The van der Waals surface area contributed by atoms with Gasteiger partial charge in [0.05, 0.1) is 5.00 Å². The molecule has 1 fully saturated rings. The summed E-state index contributed by atoms with van der Waals surface area (Å²) in [4.78, 5) is 30.1. The van der Waals surface area contributed by atoms with Crippen molar-refractivity contribution >= 4 is 38.2 Å². The van der Waals surface area contributed by atoms with Gasteiger partial charge in [0.1, 0.15) is 6.54 Å². The van der Waals surface area contributed by atoms with E-state index in [1.54, 1.807) is 27.2 Å². The van der Waals surface area contributed by atoms with Crippen LogP contribution in [0.2, 0.25) is 0 Å². The molecule has 132 valence electrons. The number of carbonyl (C=O) groups is 2. The van der Waals surface area contributed by atoms with Crippen molar-refractivity contribution in [2.45, 2.75) is 6.92 Å². The predicted octanol–water partition coefficient (Wildman–Crippen LogP) is 2.50. The minimum absolute atomic E-state index is 0.0242. The third-order valence-electron chi connectivity index (χ3n) is 4.19. The molecule has 0 bridgehead atoms. The molecule has 0 N–H and O–H groups in total. The first kappa shape index (κ1) is 17.6. The number of aryl methyl sites for hydroxylation is 1. The maximum Gasteiger partial charge on any atom is 0.247 e. The average Bonchev–Trinajstić information content (AvgIpc) is 2.96. The van der Waals surface area contributed by atoms with Crippen LogP contribution >= 0.6 is 11.3 Å². The number of fused-ring (bicyclic) bond motifs is 1. The molecule has 2 amide bonds. The zero-order valence-electron chi connectivity index (χ0n) is 14.9. The molecule has 0 unspecified atom stereocenters. The molecule has 0 saturated carbocycles. The van der Waals surface area contributed by atoms with Crippen LogP contribution in [0, 0.1) is 6.92 Å². The summed E-state index contributed by atoms with van der Waals surface area (Å²) in [6.45, 7) is 4.01. The molecule has 0 spiro atoms. The van der Waals surface area contributed by atoms with Gasteiger partial charge in [-0.2, -0.15) is 0 Å². The molecule has 1 aliphatic heterocycles. The summed E-state index contributed by atoms with van der Waals surface area (Å²) >= 11 is 1.63. The molecule has 0 atom stereocenters. The molecular formula is C19H23N3O2S. The molecule has 1 aromatic heterocycles. The third-order valence-corrected chi connectivity index (χ3v) is 5.31. The Morgan fingerprint density at radius 1 is 1.28 bits per heavy atom. The van der Waals surface area contributed by atoms with Crippen molar-refractivity contribution in [2.24, 2.45) is 0 Å². The Morgan fingerprint density at radius 2 is 2.08 bits per heavy atom. The first-order valence-electron chi connectivity index (χ1n) is 8.35. The molecule has 25 heavy (non-hydrogen) atoms. The normalized spacial score (nSPS) is 15.8. The number of hydrogen-bond donors (Lipinski definition) is 0. The Morgan fingerprint density at radius 3 is 2.80 bits per heavy atom. The molecular weight excluding hydrogens is 334 g/mol. The Kier molecular flexibility index (Phi) is 5.20. The molecule has 0 radical (unpaired) electrons. The first-order chi connectivity index (χ1) is 11.9. The minimum atomic E-state index is -0.0955. The van der Waals surface area contributed by atoms with Gasteiger partial charge in [0, 0.05) is 30.4 Å². The molecule has 1 aliphatic rings. The van der Waals surface area contributed by atoms with Gasteiger partial charge in [-0.25, -0.2) is 0 Å². The van der Waals surface area contributed by atoms with Gasteiger partial charge in [0.25, 0.3) is 0 Å². The van der Waals surface area contributed by atoms with Crippen LogP contribution in [0.5, 0.6) is 0 Å². The summed E-state index contributed by atoms with van der Waals surface area (Å²) in [6.07, 6.45) is 3.39. The lowest BCUT2D eigenvalue weighted by Gasteiger charge is -2.33. The fraction of sp³-hybridized carbons (Fsp3) is 0.368. The van der Waals surface area contributed by atoms with Crippen LogP contribution in [0.15, 0.2) is 36.4 Å². The van der Waals surface area contributed by atoms with Gasteiger partial charge in [-0.05, 0) is 44.1 Å². The predicted molar refractivity (Wildman–Crippen MR) is 103 cm³/mol. The van der Waals surface area contributed by atoms with Crippen LogP contribution in [0.4, 0.5) is 5.00 Å². The third kappa shape index (κ3) is 4.08. The van der Waals surface area contributed by atoms with Crippen molar-refractivity contribution in [1.82, 2.24) is 9.80 Å². The number of thiophene rings is 1. The highest BCUT2D eigenvalue weighted by molar-refractivity contribution is 7.23. The SMILES string of the molecule is Cc1ccc2cc(N3CCN(C(=O)/C=C/CN(C)C)CC3=O)sc2c1. The van der Waals surface area contributed by atoms with E-state index in [1.165, 1.54) is 10.3 Å². The molecule has 3 rings (SSSR count). The van der Waals surface area contributed by atoms with E-state index in [2.05, 4.69) is 31.2 Å². The van der Waals surface area contributed by atoms with Crippen molar-refractivity contribution in [2.75, 3.05) is 45.2 Å². The van der Waals surface area contributed by atoms with Gasteiger partial charge >= 0.3 is 0 Å². The quantitative estimate of drug-likeness (QED) is 0.790. The number of likely N-dealkylation sites (N-methyl/N-ethyl adjacent to an activating group) is 1. The standard InChI is InChI=1S/C19H23N3O2S/c1-14-6-7-15-12-19(25-16(15)11-14)22-10-9-21(13-18(22)24)17(23)5-4-8-20(2)3/h4-7,11-12H,8-10,13H2,1-3H3/b5-4+. The topological polar surface area (TPSA) is 43.9 Å². The number of piperazine rings is 1. The van der Waals surface area contributed by atoms with Gasteiger partial charge in [-0.3, -0.25) is 9.59 Å². The van der Waals surface area contributed by atoms with Crippen LogP contribution in [0.25, 0.3) is 10.1 Å². The highest BCUT2D eigenvalue weighted by atomic mass is 32.1. The maximum absolute atomic E-state index is 12.5. The number of hydrogen-bond acceptors (Lipinski definition) is 4. The Labute approximate surface area is 152 Å². The number of amides is 2. The highest BCUT2D eigenvalue weighted by Crippen LogP contribution is 2.33. The second kappa shape index (κ2) is 7.37. The van der Waals surface area contributed by atoms with Crippen molar-refractivity contribution in [3.63, 3.8) is 0 Å². The Bertz CT molecular complexity index is 825. The monoisotopic (exact) mass is 357 g/mol. The van der Waals surface area contributed by atoms with E-state index < -0.39 is 0 Å². The summed E-state index contributed by atoms with van der Waals surface area (Å²) in [5.74, 6) is -0.120. The number of carbonyl (C=O) groups excluding carboxylic acids is 2. The van der Waals surface area contributed by atoms with Crippen LogP contribution in [-0.4, -0.2) is 61.9 Å². The van der Waals surface area contributed by atoms with Gasteiger partial charge in [-0.1, -0.05) is 18.2 Å². The Balaban J connectivity index is 1.67. The summed E-state index contributed by atoms with van der Waals surface area (Å²) in [5, 5.41) is 2.12. The molecule has 2 heterocycles. The molecule has 1 aromatic carbocycles. The zero-order chi connectivity index (χ0) is 18.0. The van der Waals surface area contributed by atoms with Crippen molar-refractivity contribution in [1.29, 1.82) is 0 Å². The van der Waals surface area contributed by atoms with Crippen LogP contribution in [0.3, 0.4) is 0 Å². The lowest BCUT2D eigenvalue weighted by molar-refractivity contribution is -0.133. The number of rotatable bonds is 4. The largest absolute Gasteiger partial charge is 0.328 e. The second-order valence-corrected chi connectivity index (χ2v) is 7.66. The van der Waals surface area contributed by atoms with E-state index in [-0.39, 0.29) is 18.4 Å². The minimum Gasteiger partial charge on any atom is -0.328 e. The first-order valence-corrected chi connectivity index (χ1v) is 9.16. The van der Waals surface area contributed by atoms with Crippen molar-refractivity contribution < 1.29 is 9.59 Å². The fourth-order valence-electron chi connectivity index (χ4n) is 2.82. The highest BCUT2D eigenvalue weighted by Gasteiger charge is 2.28. The van der Waals surface area contributed by atoms with Gasteiger partial charge in [-0.15, -0.1) is 11.3 Å². The molecule has 6 heteroatoms. The van der Waals surface area contributed by atoms with E-state index in [4.69, 9.17) is 0 Å². The number of nitrogens with zero attached hydrogens (tertiary/aromatic N) is 3. The second-order valence-electron chi connectivity index (χ2n) is 6.60. The van der Waals surface area contributed by atoms with Crippen LogP contribution < -0.4 is 4.90 Å². The number of benzene rings is 1. The Hall–Kier alpha value is -2.18. The van der Waals surface area contributed by atoms with Crippen molar-refractivity contribution in [3.8, 4) is 0 Å².